The minimum absolute atomic E-state index is 0.0415. The van der Waals surface area contributed by atoms with Crippen LogP contribution in [0.3, 0.4) is 0 Å². The average molecular weight is 345 g/mol. The summed E-state index contributed by atoms with van der Waals surface area (Å²) < 4.78 is 5.12. The lowest BCUT2D eigenvalue weighted by atomic mass is 10.1. The summed E-state index contributed by atoms with van der Waals surface area (Å²) in [6, 6.07) is 9.98. The van der Waals surface area contributed by atoms with Crippen LogP contribution in [0.1, 0.15) is 38.7 Å². The Bertz CT molecular complexity index is 658. The highest BCUT2D eigenvalue weighted by molar-refractivity contribution is 6.37. The van der Waals surface area contributed by atoms with Crippen molar-refractivity contribution < 1.29 is 19.1 Å². The van der Waals surface area contributed by atoms with Crippen LogP contribution in [0.4, 0.5) is 0 Å². The quantitative estimate of drug-likeness (QED) is 0.729. The van der Waals surface area contributed by atoms with Crippen molar-refractivity contribution in [3.63, 3.8) is 0 Å². The van der Waals surface area contributed by atoms with E-state index in [0.29, 0.717) is 0 Å². The van der Waals surface area contributed by atoms with E-state index in [9.17, 15) is 14.4 Å². The van der Waals surface area contributed by atoms with Crippen LogP contribution in [0.2, 0.25) is 0 Å². The molecule has 1 aromatic carbocycles. The lowest BCUT2D eigenvalue weighted by Gasteiger charge is -2.19. The summed E-state index contributed by atoms with van der Waals surface area (Å²) in [5.74, 6) is -1.27. The second-order valence-electron chi connectivity index (χ2n) is 6.07. The van der Waals surface area contributed by atoms with Gasteiger partial charge in [0.05, 0.1) is 0 Å². The zero-order valence-corrected chi connectivity index (χ0v) is 14.5. The van der Waals surface area contributed by atoms with E-state index in [-0.39, 0.29) is 36.4 Å². The number of benzene rings is 1. The van der Waals surface area contributed by atoms with E-state index < -0.39 is 12.1 Å². The molecule has 1 aliphatic heterocycles. The Kier molecular flexibility index (Phi) is 6.68. The second kappa shape index (κ2) is 8.96. The molecule has 2 amide bonds. The monoisotopic (exact) mass is 345 g/mol. The number of nitrogens with zero attached hydrogens (tertiary/aromatic N) is 1. The molecule has 25 heavy (non-hydrogen) atoms. The number of hydrogen-bond acceptors (Lipinski definition) is 5. The number of rotatable bonds is 7. The average Bonchev–Trinajstić information content (AvgIpc) is 2.61. The van der Waals surface area contributed by atoms with Crippen molar-refractivity contribution in [3.05, 3.63) is 35.9 Å². The van der Waals surface area contributed by atoms with Crippen molar-refractivity contribution in [3.8, 4) is 0 Å². The lowest BCUT2D eigenvalue weighted by molar-refractivity contribution is -0.149. The Balaban J connectivity index is 1.75. The Hall–Kier alpha value is -2.70. The fourth-order valence-corrected chi connectivity index (χ4v) is 2.36. The topological polar surface area (TPSA) is 96.9 Å². The Labute approximate surface area is 146 Å². The predicted octanol–water partition coefficient (Wildman–Crippen LogP) is 1.32. The molecular weight excluding hydrogens is 322 g/mol. The van der Waals surface area contributed by atoms with E-state index in [1.807, 2.05) is 37.3 Å². The van der Waals surface area contributed by atoms with Crippen LogP contribution in [-0.2, 0) is 25.5 Å². The van der Waals surface area contributed by atoms with Gasteiger partial charge >= 0.3 is 5.97 Å². The van der Waals surface area contributed by atoms with Crippen molar-refractivity contribution in [1.29, 1.82) is 0 Å². The highest BCUT2D eigenvalue weighted by atomic mass is 16.5. The molecule has 7 heteroatoms. The molecule has 2 N–H and O–H groups in total. The first kappa shape index (κ1) is 18.6. The summed E-state index contributed by atoms with van der Waals surface area (Å²) in [4.78, 5) is 35.1. The SMILES string of the molecule is C[C@H](CCc1ccccc1)NC(=O)[C@@H](C)OC(=O)C1=NNC(=O)CC1. The van der Waals surface area contributed by atoms with Crippen LogP contribution in [0.5, 0.6) is 0 Å². The van der Waals surface area contributed by atoms with E-state index in [2.05, 4.69) is 15.8 Å². The molecule has 1 aliphatic rings. The molecular formula is C18H23N3O4. The van der Waals surface area contributed by atoms with Gasteiger partial charge in [-0.3, -0.25) is 9.59 Å². The number of hydrogen-bond donors (Lipinski definition) is 2. The number of carbonyl (C=O) groups excluding carboxylic acids is 3. The standard InChI is InChI=1S/C18H23N3O4/c1-12(8-9-14-6-4-3-5-7-14)19-17(23)13(2)25-18(24)15-10-11-16(22)21-20-15/h3-7,12-13H,8-11H2,1-2H3,(H,19,23)(H,21,22)/t12-,13-/m1/s1. The summed E-state index contributed by atoms with van der Waals surface area (Å²) >= 11 is 0. The van der Waals surface area contributed by atoms with Crippen molar-refractivity contribution >= 4 is 23.5 Å². The third-order valence-electron chi connectivity index (χ3n) is 3.89. The molecule has 0 spiro atoms. The summed E-state index contributed by atoms with van der Waals surface area (Å²) in [6.07, 6.45) is 1.12. The van der Waals surface area contributed by atoms with Crippen molar-refractivity contribution in [1.82, 2.24) is 10.7 Å². The van der Waals surface area contributed by atoms with Crippen LogP contribution < -0.4 is 10.7 Å². The van der Waals surface area contributed by atoms with Crippen LogP contribution in [0.15, 0.2) is 35.4 Å². The fourth-order valence-electron chi connectivity index (χ4n) is 2.36. The van der Waals surface area contributed by atoms with E-state index in [0.717, 1.165) is 12.8 Å². The zero-order chi connectivity index (χ0) is 18.2. The first-order chi connectivity index (χ1) is 12.0. The minimum atomic E-state index is -0.924. The number of esters is 1. The molecule has 134 valence electrons. The molecule has 1 aromatic rings. The maximum absolute atomic E-state index is 12.1. The highest BCUT2D eigenvalue weighted by Gasteiger charge is 2.24. The lowest BCUT2D eigenvalue weighted by Crippen LogP contribution is -2.42. The molecule has 0 saturated heterocycles. The van der Waals surface area contributed by atoms with Gasteiger partial charge in [-0.2, -0.15) is 5.10 Å². The maximum Gasteiger partial charge on any atom is 0.355 e. The molecule has 2 rings (SSSR count). The van der Waals surface area contributed by atoms with Gasteiger partial charge < -0.3 is 10.1 Å². The van der Waals surface area contributed by atoms with Gasteiger partial charge in [0.15, 0.2) is 6.10 Å². The molecule has 7 nitrogen and oxygen atoms in total. The maximum atomic E-state index is 12.1. The molecule has 0 bridgehead atoms. The van der Waals surface area contributed by atoms with Crippen LogP contribution in [0.25, 0.3) is 0 Å². The number of amides is 2. The van der Waals surface area contributed by atoms with Gasteiger partial charge in [0, 0.05) is 18.9 Å². The van der Waals surface area contributed by atoms with Crippen LogP contribution in [-0.4, -0.2) is 35.6 Å². The van der Waals surface area contributed by atoms with Gasteiger partial charge in [-0.05, 0) is 32.3 Å². The van der Waals surface area contributed by atoms with Gasteiger partial charge in [0.25, 0.3) is 5.91 Å². The molecule has 0 radical (unpaired) electrons. The first-order valence-corrected chi connectivity index (χ1v) is 8.36. The Morgan fingerprint density at radius 2 is 1.96 bits per heavy atom. The van der Waals surface area contributed by atoms with E-state index in [1.54, 1.807) is 0 Å². The predicted molar refractivity (Wildman–Crippen MR) is 92.7 cm³/mol. The molecule has 0 aromatic heterocycles. The van der Waals surface area contributed by atoms with Gasteiger partial charge in [-0.15, -0.1) is 0 Å². The third-order valence-corrected chi connectivity index (χ3v) is 3.89. The minimum Gasteiger partial charge on any atom is -0.448 e. The smallest absolute Gasteiger partial charge is 0.355 e. The van der Waals surface area contributed by atoms with Gasteiger partial charge in [-0.1, -0.05) is 30.3 Å². The van der Waals surface area contributed by atoms with E-state index in [1.165, 1.54) is 12.5 Å². The van der Waals surface area contributed by atoms with Crippen LogP contribution >= 0.6 is 0 Å². The molecule has 1 heterocycles. The molecule has 2 atom stereocenters. The largest absolute Gasteiger partial charge is 0.448 e. The van der Waals surface area contributed by atoms with Gasteiger partial charge in [0.2, 0.25) is 5.91 Å². The number of carbonyl (C=O) groups is 3. The number of hydrazone groups is 1. The first-order valence-electron chi connectivity index (χ1n) is 8.36. The second-order valence-corrected chi connectivity index (χ2v) is 6.07. The van der Waals surface area contributed by atoms with Crippen molar-refractivity contribution in [2.45, 2.75) is 51.7 Å². The van der Waals surface area contributed by atoms with Gasteiger partial charge in [0.1, 0.15) is 5.71 Å². The van der Waals surface area contributed by atoms with Gasteiger partial charge in [-0.25, -0.2) is 10.2 Å². The number of aryl methyl sites for hydroxylation is 1. The van der Waals surface area contributed by atoms with Crippen molar-refractivity contribution in [2.24, 2.45) is 5.10 Å². The molecule has 0 saturated carbocycles. The molecule has 0 unspecified atom stereocenters. The highest BCUT2D eigenvalue weighted by Crippen LogP contribution is 2.06. The summed E-state index contributed by atoms with van der Waals surface area (Å²) in [6.45, 7) is 3.43. The Morgan fingerprint density at radius 3 is 2.60 bits per heavy atom. The number of nitrogens with one attached hydrogen (secondary N) is 2. The summed E-state index contributed by atoms with van der Waals surface area (Å²) in [5.41, 5.74) is 3.56. The Morgan fingerprint density at radius 1 is 1.24 bits per heavy atom. The van der Waals surface area contributed by atoms with E-state index in [4.69, 9.17) is 4.74 Å². The molecule has 0 aliphatic carbocycles. The summed E-state index contributed by atoms with van der Waals surface area (Å²) in [5, 5.41) is 6.50. The zero-order valence-electron chi connectivity index (χ0n) is 14.5. The van der Waals surface area contributed by atoms with E-state index >= 15 is 0 Å². The van der Waals surface area contributed by atoms with Crippen LogP contribution in [0, 0.1) is 0 Å². The number of ether oxygens (including phenoxy) is 1. The third kappa shape index (κ3) is 6.02. The fraction of sp³-hybridized carbons (Fsp3) is 0.444. The molecule has 0 fully saturated rings. The van der Waals surface area contributed by atoms with Crippen molar-refractivity contribution in [2.75, 3.05) is 0 Å². The normalized spacial score (nSPS) is 16.2. The summed E-state index contributed by atoms with van der Waals surface area (Å²) in [7, 11) is 0.